The monoisotopic (exact) mass is 232 g/mol. The lowest BCUT2D eigenvalue weighted by atomic mass is 10.1. The second-order valence-corrected chi connectivity index (χ2v) is 3.75. The van der Waals surface area contributed by atoms with E-state index >= 15 is 0 Å². The highest BCUT2D eigenvalue weighted by atomic mass is 19.1. The Hall–Kier alpha value is -1.87. The highest BCUT2D eigenvalue weighted by Gasteiger charge is 2.10. The molecule has 1 unspecified atom stereocenters. The first kappa shape index (κ1) is 11.6. The number of aliphatic hydroxyl groups is 1. The largest absolute Gasteiger partial charge is 0.454 e. The van der Waals surface area contributed by atoms with Gasteiger partial charge in [0.05, 0.1) is 6.10 Å². The van der Waals surface area contributed by atoms with Gasteiger partial charge in [0.15, 0.2) is 11.6 Å². The molecule has 0 spiro atoms. The lowest BCUT2D eigenvalue weighted by Gasteiger charge is -2.13. The molecule has 88 valence electrons. The van der Waals surface area contributed by atoms with Crippen LogP contribution in [0.2, 0.25) is 0 Å². The third kappa shape index (κ3) is 2.63. The lowest BCUT2D eigenvalue weighted by Crippen LogP contribution is -1.96. The second-order valence-electron chi connectivity index (χ2n) is 3.75. The summed E-state index contributed by atoms with van der Waals surface area (Å²) in [4.78, 5) is 0. The number of halogens is 1. The quantitative estimate of drug-likeness (QED) is 0.874. The standard InChI is InChI=1S/C14H13FO2/c1-10(16)11-6-2-4-8-13(11)17-14-9-5-3-7-12(14)15/h2-10,16H,1H3. The zero-order valence-corrected chi connectivity index (χ0v) is 9.43. The van der Waals surface area contributed by atoms with E-state index in [-0.39, 0.29) is 5.75 Å². The first-order valence-electron chi connectivity index (χ1n) is 5.38. The summed E-state index contributed by atoms with van der Waals surface area (Å²) in [6.45, 7) is 1.64. The average molecular weight is 232 g/mol. The predicted molar refractivity (Wildman–Crippen MR) is 63.5 cm³/mol. The molecule has 2 rings (SSSR count). The predicted octanol–water partition coefficient (Wildman–Crippen LogP) is 3.67. The minimum Gasteiger partial charge on any atom is -0.454 e. The summed E-state index contributed by atoms with van der Waals surface area (Å²) in [5, 5.41) is 9.58. The van der Waals surface area contributed by atoms with Crippen molar-refractivity contribution in [2.24, 2.45) is 0 Å². The van der Waals surface area contributed by atoms with E-state index in [1.165, 1.54) is 6.07 Å². The molecular weight excluding hydrogens is 219 g/mol. The Bertz CT molecular complexity index is 509. The number of para-hydroxylation sites is 2. The van der Waals surface area contributed by atoms with Crippen LogP contribution in [-0.4, -0.2) is 5.11 Å². The number of hydrogen-bond acceptors (Lipinski definition) is 2. The van der Waals surface area contributed by atoms with E-state index in [0.717, 1.165) is 0 Å². The van der Waals surface area contributed by atoms with Crippen LogP contribution in [0.1, 0.15) is 18.6 Å². The van der Waals surface area contributed by atoms with Crippen LogP contribution in [0.3, 0.4) is 0 Å². The molecule has 0 saturated carbocycles. The molecule has 0 radical (unpaired) electrons. The van der Waals surface area contributed by atoms with Gasteiger partial charge in [0.1, 0.15) is 5.75 Å². The number of ether oxygens (including phenoxy) is 1. The maximum atomic E-state index is 13.4. The van der Waals surface area contributed by atoms with E-state index in [4.69, 9.17) is 4.74 Å². The van der Waals surface area contributed by atoms with Gasteiger partial charge in [0.2, 0.25) is 0 Å². The maximum absolute atomic E-state index is 13.4. The minimum atomic E-state index is -0.655. The van der Waals surface area contributed by atoms with Crippen molar-refractivity contribution in [3.8, 4) is 11.5 Å². The van der Waals surface area contributed by atoms with Crippen molar-refractivity contribution in [1.29, 1.82) is 0 Å². The van der Waals surface area contributed by atoms with E-state index in [2.05, 4.69) is 0 Å². The highest BCUT2D eigenvalue weighted by Crippen LogP contribution is 2.30. The molecule has 0 bridgehead atoms. The third-order valence-electron chi connectivity index (χ3n) is 2.43. The number of rotatable bonds is 3. The van der Waals surface area contributed by atoms with E-state index in [0.29, 0.717) is 11.3 Å². The van der Waals surface area contributed by atoms with Gasteiger partial charge in [-0.2, -0.15) is 0 Å². The fourth-order valence-corrected chi connectivity index (χ4v) is 1.56. The smallest absolute Gasteiger partial charge is 0.165 e. The third-order valence-corrected chi connectivity index (χ3v) is 2.43. The molecule has 0 saturated heterocycles. The molecule has 1 atom stereocenters. The van der Waals surface area contributed by atoms with Crippen LogP contribution in [-0.2, 0) is 0 Å². The minimum absolute atomic E-state index is 0.153. The number of benzene rings is 2. The molecule has 2 nitrogen and oxygen atoms in total. The summed E-state index contributed by atoms with van der Waals surface area (Å²) in [5.41, 5.74) is 0.635. The van der Waals surface area contributed by atoms with E-state index < -0.39 is 11.9 Å². The Morgan fingerprint density at radius 2 is 1.59 bits per heavy atom. The molecule has 2 aromatic rings. The molecule has 17 heavy (non-hydrogen) atoms. The van der Waals surface area contributed by atoms with Crippen molar-refractivity contribution in [3.63, 3.8) is 0 Å². The van der Waals surface area contributed by atoms with E-state index in [1.807, 2.05) is 0 Å². The Labute approximate surface area is 99.3 Å². The molecule has 0 fully saturated rings. The summed E-state index contributed by atoms with van der Waals surface area (Å²) in [5.74, 6) is 0.195. The molecule has 0 amide bonds. The van der Waals surface area contributed by atoms with Gasteiger partial charge in [-0.15, -0.1) is 0 Å². The average Bonchev–Trinajstić information content (AvgIpc) is 2.32. The lowest BCUT2D eigenvalue weighted by molar-refractivity contribution is 0.195. The Kier molecular flexibility index (Phi) is 3.40. The molecule has 0 aromatic heterocycles. The first-order valence-corrected chi connectivity index (χ1v) is 5.38. The summed E-state index contributed by atoms with van der Waals surface area (Å²) in [6, 6.07) is 13.2. The normalized spacial score (nSPS) is 12.2. The van der Waals surface area contributed by atoms with Crippen LogP contribution >= 0.6 is 0 Å². The van der Waals surface area contributed by atoms with Gasteiger partial charge in [-0.05, 0) is 25.1 Å². The van der Waals surface area contributed by atoms with Crippen molar-refractivity contribution in [1.82, 2.24) is 0 Å². The topological polar surface area (TPSA) is 29.5 Å². The van der Waals surface area contributed by atoms with Gasteiger partial charge < -0.3 is 9.84 Å². The second kappa shape index (κ2) is 4.97. The summed E-state index contributed by atoms with van der Waals surface area (Å²) in [7, 11) is 0. The molecule has 0 aliphatic rings. The van der Waals surface area contributed by atoms with Crippen LogP contribution in [0.25, 0.3) is 0 Å². The molecule has 0 aliphatic carbocycles. The van der Waals surface area contributed by atoms with Crippen LogP contribution in [0.4, 0.5) is 4.39 Å². The van der Waals surface area contributed by atoms with Crippen molar-refractivity contribution in [2.45, 2.75) is 13.0 Å². The van der Waals surface area contributed by atoms with Gasteiger partial charge in [0.25, 0.3) is 0 Å². The molecule has 2 aromatic carbocycles. The molecule has 0 aliphatic heterocycles. The van der Waals surface area contributed by atoms with Gasteiger partial charge in [-0.25, -0.2) is 4.39 Å². The van der Waals surface area contributed by atoms with Gasteiger partial charge in [0, 0.05) is 5.56 Å². The van der Waals surface area contributed by atoms with Crippen molar-refractivity contribution >= 4 is 0 Å². The Morgan fingerprint density at radius 1 is 1.00 bits per heavy atom. The van der Waals surface area contributed by atoms with Crippen molar-refractivity contribution < 1.29 is 14.2 Å². The maximum Gasteiger partial charge on any atom is 0.165 e. The SMILES string of the molecule is CC(O)c1ccccc1Oc1ccccc1F. The molecule has 3 heteroatoms. The highest BCUT2D eigenvalue weighted by molar-refractivity contribution is 5.39. The zero-order valence-electron chi connectivity index (χ0n) is 9.43. The first-order chi connectivity index (χ1) is 8.18. The fraction of sp³-hybridized carbons (Fsp3) is 0.143. The fourth-order valence-electron chi connectivity index (χ4n) is 1.56. The van der Waals surface area contributed by atoms with Gasteiger partial charge in [-0.1, -0.05) is 30.3 Å². The molecule has 1 N–H and O–H groups in total. The Balaban J connectivity index is 2.34. The van der Waals surface area contributed by atoms with Crippen LogP contribution < -0.4 is 4.74 Å². The molecular formula is C14H13FO2. The van der Waals surface area contributed by atoms with Gasteiger partial charge >= 0.3 is 0 Å². The summed E-state index contributed by atoms with van der Waals surface area (Å²) < 4.78 is 18.9. The van der Waals surface area contributed by atoms with E-state index in [1.54, 1.807) is 49.4 Å². The van der Waals surface area contributed by atoms with E-state index in [9.17, 15) is 9.50 Å². The van der Waals surface area contributed by atoms with Crippen molar-refractivity contribution in [2.75, 3.05) is 0 Å². The van der Waals surface area contributed by atoms with Gasteiger partial charge in [-0.3, -0.25) is 0 Å². The summed E-state index contributed by atoms with van der Waals surface area (Å²) >= 11 is 0. The molecule has 0 heterocycles. The zero-order chi connectivity index (χ0) is 12.3. The van der Waals surface area contributed by atoms with Crippen molar-refractivity contribution in [3.05, 3.63) is 59.9 Å². The number of aliphatic hydroxyl groups excluding tert-OH is 1. The van der Waals surface area contributed by atoms with Crippen LogP contribution in [0.15, 0.2) is 48.5 Å². The van der Waals surface area contributed by atoms with Crippen LogP contribution in [0, 0.1) is 5.82 Å². The van der Waals surface area contributed by atoms with Crippen LogP contribution in [0.5, 0.6) is 11.5 Å². The number of hydrogen-bond donors (Lipinski definition) is 1. The Morgan fingerprint density at radius 3 is 2.24 bits per heavy atom. The summed E-state index contributed by atoms with van der Waals surface area (Å²) in [6.07, 6.45) is -0.655.